The van der Waals surface area contributed by atoms with Gasteiger partial charge in [-0.3, -0.25) is 4.90 Å². The Balaban J connectivity index is 0.00000205. The van der Waals surface area contributed by atoms with Crippen LogP contribution in [0, 0.1) is 0 Å². The highest BCUT2D eigenvalue weighted by molar-refractivity contribution is 8.93. The quantitative estimate of drug-likeness (QED) is 0.424. The van der Waals surface area contributed by atoms with Crippen molar-refractivity contribution < 1.29 is 0 Å². The topological polar surface area (TPSA) is 3.24 Å². The van der Waals surface area contributed by atoms with E-state index >= 15 is 0 Å². The average molecular weight is 469 g/mol. The van der Waals surface area contributed by atoms with Crippen LogP contribution in [0.4, 0.5) is 0 Å². The molecule has 1 saturated heterocycles. The first-order valence-electron chi connectivity index (χ1n) is 10.4. The van der Waals surface area contributed by atoms with Gasteiger partial charge in [-0.05, 0) is 66.6 Å². The molecule has 0 radical (unpaired) electrons. The van der Waals surface area contributed by atoms with Gasteiger partial charge in [0.05, 0.1) is 0 Å². The smallest absolute Gasteiger partial charge is 0.0406 e. The Morgan fingerprint density at radius 1 is 0.897 bits per heavy atom. The van der Waals surface area contributed by atoms with Crippen LogP contribution in [0.5, 0.6) is 0 Å². The van der Waals surface area contributed by atoms with Crippen molar-refractivity contribution in [2.75, 3.05) is 13.1 Å². The monoisotopic (exact) mass is 467 g/mol. The van der Waals surface area contributed by atoms with Gasteiger partial charge in [0.2, 0.25) is 0 Å². The fraction of sp³-hybridized carbons (Fsp3) is 0.308. The first kappa shape index (κ1) is 20.7. The third-order valence-electron chi connectivity index (χ3n) is 6.84. The molecule has 1 fully saturated rings. The van der Waals surface area contributed by atoms with E-state index in [2.05, 4.69) is 83.8 Å². The Labute approximate surface area is 189 Å². The minimum Gasteiger partial charge on any atom is -0.300 e. The molecular formula is C26H27BrClN. The zero-order valence-corrected chi connectivity index (χ0v) is 19.0. The maximum atomic E-state index is 6.20. The number of halogens is 2. The maximum absolute atomic E-state index is 6.20. The van der Waals surface area contributed by atoms with E-state index in [0.29, 0.717) is 6.04 Å². The number of nitrogens with zero attached hydrogens (tertiary/aromatic N) is 1. The molecular weight excluding hydrogens is 442 g/mol. The molecule has 3 aromatic rings. The molecule has 3 aromatic carbocycles. The molecule has 2 aliphatic rings. The zero-order chi connectivity index (χ0) is 19.0. The Morgan fingerprint density at radius 3 is 2.41 bits per heavy atom. The Bertz CT molecular complexity index is 956. The van der Waals surface area contributed by atoms with Crippen molar-refractivity contribution in [1.82, 2.24) is 4.90 Å². The average Bonchev–Trinajstić information content (AvgIpc) is 2.74. The number of fused-ring (bicyclic) bond motifs is 4. The van der Waals surface area contributed by atoms with Crippen molar-refractivity contribution in [2.45, 2.75) is 37.1 Å². The second-order valence-corrected chi connectivity index (χ2v) is 8.77. The molecule has 3 heteroatoms. The minimum absolute atomic E-state index is 0. The summed E-state index contributed by atoms with van der Waals surface area (Å²) in [4.78, 5) is 2.73. The molecule has 0 aromatic heterocycles. The molecule has 2 unspecified atom stereocenters. The van der Waals surface area contributed by atoms with E-state index in [-0.39, 0.29) is 22.4 Å². The molecule has 5 rings (SSSR count). The summed E-state index contributed by atoms with van der Waals surface area (Å²) in [6, 6.07) is 29.2. The summed E-state index contributed by atoms with van der Waals surface area (Å²) < 4.78 is 0. The van der Waals surface area contributed by atoms with Crippen LogP contribution in [0.25, 0.3) is 0 Å². The van der Waals surface area contributed by atoms with E-state index in [1.54, 1.807) is 0 Å². The molecule has 1 heterocycles. The van der Waals surface area contributed by atoms with Crippen molar-refractivity contribution in [1.29, 1.82) is 0 Å². The third-order valence-corrected chi connectivity index (χ3v) is 7.09. The van der Waals surface area contributed by atoms with Crippen LogP contribution in [-0.4, -0.2) is 24.0 Å². The Kier molecular flexibility index (Phi) is 6.15. The van der Waals surface area contributed by atoms with E-state index in [0.717, 1.165) is 24.5 Å². The van der Waals surface area contributed by atoms with Crippen LogP contribution in [0.2, 0.25) is 5.02 Å². The fourth-order valence-corrected chi connectivity index (χ4v) is 5.54. The van der Waals surface area contributed by atoms with Crippen molar-refractivity contribution in [3.05, 3.63) is 106 Å². The lowest BCUT2D eigenvalue weighted by molar-refractivity contribution is 0.0971. The molecule has 150 valence electrons. The van der Waals surface area contributed by atoms with Crippen LogP contribution in [0.15, 0.2) is 78.9 Å². The van der Waals surface area contributed by atoms with Crippen molar-refractivity contribution in [2.24, 2.45) is 0 Å². The predicted molar refractivity (Wildman–Crippen MR) is 127 cm³/mol. The van der Waals surface area contributed by atoms with Crippen LogP contribution in [0.3, 0.4) is 0 Å². The molecule has 0 spiro atoms. The summed E-state index contributed by atoms with van der Waals surface area (Å²) in [5.41, 5.74) is 6.06. The highest BCUT2D eigenvalue weighted by Crippen LogP contribution is 2.49. The molecule has 1 aliphatic heterocycles. The van der Waals surface area contributed by atoms with E-state index in [1.807, 2.05) is 0 Å². The molecule has 0 amide bonds. The van der Waals surface area contributed by atoms with Gasteiger partial charge < -0.3 is 0 Å². The molecule has 2 bridgehead atoms. The van der Waals surface area contributed by atoms with Gasteiger partial charge >= 0.3 is 0 Å². The lowest BCUT2D eigenvalue weighted by Crippen LogP contribution is -2.54. The van der Waals surface area contributed by atoms with E-state index < -0.39 is 0 Å². The van der Waals surface area contributed by atoms with Crippen LogP contribution in [-0.2, 0) is 18.3 Å². The first-order valence-corrected chi connectivity index (χ1v) is 10.7. The van der Waals surface area contributed by atoms with Gasteiger partial charge in [0, 0.05) is 23.0 Å². The van der Waals surface area contributed by atoms with Crippen LogP contribution < -0.4 is 0 Å². The number of likely N-dealkylation sites (tertiary alicyclic amines) is 1. The largest absolute Gasteiger partial charge is 0.300 e. The van der Waals surface area contributed by atoms with Crippen LogP contribution in [0.1, 0.15) is 35.1 Å². The van der Waals surface area contributed by atoms with Gasteiger partial charge in [-0.2, -0.15) is 0 Å². The van der Waals surface area contributed by atoms with Gasteiger partial charge in [0.1, 0.15) is 0 Å². The van der Waals surface area contributed by atoms with Crippen molar-refractivity contribution >= 4 is 28.6 Å². The zero-order valence-electron chi connectivity index (χ0n) is 16.6. The molecule has 2 atom stereocenters. The van der Waals surface area contributed by atoms with Crippen molar-refractivity contribution in [3.63, 3.8) is 0 Å². The highest BCUT2D eigenvalue weighted by atomic mass is 79.9. The summed E-state index contributed by atoms with van der Waals surface area (Å²) in [7, 11) is 0. The molecule has 1 nitrogen and oxygen atoms in total. The third kappa shape index (κ3) is 3.91. The lowest BCUT2D eigenvalue weighted by atomic mass is 9.60. The van der Waals surface area contributed by atoms with Crippen LogP contribution >= 0.6 is 28.6 Å². The first-order chi connectivity index (χ1) is 13.7. The summed E-state index contributed by atoms with van der Waals surface area (Å²) in [5, 5.41) is 0.820. The predicted octanol–water partition coefficient (Wildman–Crippen LogP) is 6.47. The summed E-state index contributed by atoms with van der Waals surface area (Å²) >= 11 is 6.20. The summed E-state index contributed by atoms with van der Waals surface area (Å²) in [6.07, 6.45) is 4.69. The van der Waals surface area contributed by atoms with Gasteiger partial charge in [0.15, 0.2) is 0 Å². The number of hydrogen-bond donors (Lipinski definition) is 0. The normalized spacial score (nSPS) is 23.1. The summed E-state index contributed by atoms with van der Waals surface area (Å²) in [5.74, 6) is 0. The van der Waals surface area contributed by atoms with E-state index in [1.165, 1.54) is 41.5 Å². The van der Waals surface area contributed by atoms with Gasteiger partial charge in [-0.25, -0.2) is 0 Å². The number of piperidine rings is 1. The number of rotatable bonds is 4. The van der Waals surface area contributed by atoms with Gasteiger partial charge in [-0.15, -0.1) is 17.0 Å². The lowest BCUT2D eigenvalue weighted by Gasteiger charge is -2.52. The van der Waals surface area contributed by atoms with E-state index in [4.69, 9.17) is 11.6 Å². The summed E-state index contributed by atoms with van der Waals surface area (Å²) in [6.45, 7) is 2.31. The fourth-order valence-electron chi connectivity index (χ4n) is 5.41. The highest BCUT2D eigenvalue weighted by Gasteiger charge is 2.46. The number of benzene rings is 3. The molecule has 1 aliphatic carbocycles. The Hall–Kier alpha value is -1.61. The molecule has 29 heavy (non-hydrogen) atoms. The molecule has 0 N–H and O–H groups in total. The van der Waals surface area contributed by atoms with E-state index in [9.17, 15) is 0 Å². The van der Waals surface area contributed by atoms with Gasteiger partial charge in [0.25, 0.3) is 0 Å². The molecule has 0 saturated carbocycles. The second-order valence-electron chi connectivity index (χ2n) is 8.33. The SMILES string of the molecule is Br.Clc1ccc(C23CCN(CCc4ccccc4)C(Cc4ccccc42)C3)cc1. The van der Waals surface area contributed by atoms with Crippen molar-refractivity contribution in [3.8, 4) is 0 Å². The maximum Gasteiger partial charge on any atom is 0.0406 e. The van der Waals surface area contributed by atoms with Gasteiger partial charge in [-0.1, -0.05) is 78.3 Å². The number of hydrogen-bond acceptors (Lipinski definition) is 1. The standard InChI is InChI=1S/C26H26ClN.BrH/c27-23-12-10-22(11-13-23)26-15-17-28(16-14-20-6-2-1-3-7-20)24(19-26)18-21-8-4-5-9-25(21)26;/h1-13,24H,14-19H2;1H. The minimum atomic E-state index is 0. The Morgan fingerprint density at radius 2 is 1.62 bits per heavy atom. The second kappa shape index (κ2) is 8.63.